The molecule has 0 saturated carbocycles. The van der Waals surface area contributed by atoms with Crippen molar-refractivity contribution >= 4 is 32.8 Å². The van der Waals surface area contributed by atoms with Crippen molar-refractivity contribution in [3.05, 3.63) is 48.3 Å². The number of nitrogens with zero attached hydrogens (tertiary/aromatic N) is 4. The summed E-state index contributed by atoms with van der Waals surface area (Å²) in [5.41, 5.74) is 1.89. The van der Waals surface area contributed by atoms with E-state index in [1.54, 1.807) is 31.4 Å². The van der Waals surface area contributed by atoms with Gasteiger partial charge in [-0.2, -0.15) is 8.75 Å². The van der Waals surface area contributed by atoms with E-state index in [4.69, 9.17) is 0 Å². The van der Waals surface area contributed by atoms with Crippen LogP contribution in [0.4, 0.5) is 0 Å². The van der Waals surface area contributed by atoms with Crippen LogP contribution in [0.15, 0.2) is 47.5 Å². The predicted octanol–water partition coefficient (Wildman–Crippen LogP) is 1.95. The lowest BCUT2D eigenvalue weighted by Crippen LogP contribution is -2.29. The zero-order valence-electron chi connectivity index (χ0n) is 11.9. The van der Waals surface area contributed by atoms with Crippen LogP contribution in [-0.4, -0.2) is 40.0 Å². The second kappa shape index (κ2) is 6.07. The second-order valence-corrected chi connectivity index (χ2v) is 7.33. The van der Waals surface area contributed by atoms with E-state index in [-0.39, 0.29) is 4.90 Å². The molecule has 2 aromatic heterocycles. The predicted molar refractivity (Wildman–Crippen MR) is 85.2 cm³/mol. The Morgan fingerprint density at radius 2 is 2.00 bits per heavy atom. The van der Waals surface area contributed by atoms with E-state index in [0.717, 1.165) is 17.4 Å². The van der Waals surface area contributed by atoms with Crippen LogP contribution in [0, 0.1) is 0 Å². The molecule has 0 aliphatic heterocycles. The van der Waals surface area contributed by atoms with Crippen molar-refractivity contribution < 1.29 is 8.42 Å². The molecule has 0 bridgehead atoms. The van der Waals surface area contributed by atoms with E-state index in [1.165, 1.54) is 4.31 Å². The summed E-state index contributed by atoms with van der Waals surface area (Å²) in [7, 11) is -2.03. The Morgan fingerprint density at radius 1 is 1.14 bits per heavy atom. The molecular weight excluding hydrogens is 320 g/mol. The van der Waals surface area contributed by atoms with Gasteiger partial charge < -0.3 is 0 Å². The topological polar surface area (TPSA) is 76.1 Å². The van der Waals surface area contributed by atoms with Gasteiger partial charge in [0.15, 0.2) is 0 Å². The van der Waals surface area contributed by atoms with Gasteiger partial charge >= 0.3 is 0 Å². The standard InChI is InChI=1S/C14H14N4O2S2/c1-18(10-8-11-5-2-3-9-15-11)22(19,20)13-7-4-6-12-14(13)17-21-16-12/h2-7,9H,8,10H2,1H3. The molecule has 0 N–H and O–H groups in total. The van der Waals surface area contributed by atoms with E-state index < -0.39 is 10.0 Å². The van der Waals surface area contributed by atoms with Gasteiger partial charge in [0.05, 0.1) is 11.7 Å². The minimum absolute atomic E-state index is 0.197. The Morgan fingerprint density at radius 3 is 2.77 bits per heavy atom. The minimum atomic E-state index is -3.60. The summed E-state index contributed by atoms with van der Waals surface area (Å²) in [5, 5.41) is 0. The van der Waals surface area contributed by atoms with Gasteiger partial charge in [0.25, 0.3) is 0 Å². The molecule has 0 unspecified atom stereocenters. The van der Waals surface area contributed by atoms with Crippen LogP contribution < -0.4 is 0 Å². The smallest absolute Gasteiger partial charge is 0.245 e. The van der Waals surface area contributed by atoms with Gasteiger partial charge in [-0.3, -0.25) is 4.98 Å². The maximum atomic E-state index is 12.7. The fourth-order valence-electron chi connectivity index (χ4n) is 2.10. The maximum Gasteiger partial charge on any atom is 0.245 e. The molecule has 0 saturated heterocycles. The highest BCUT2D eigenvalue weighted by molar-refractivity contribution is 7.89. The van der Waals surface area contributed by atoms with E-state index in [0.29, 0.717) is 24.0 Å². The Labute approximate surface area is 132 Å². The van der Waals surface area contributed by atoms with E-state index in [9.17, 15) is 8.42 Å². The first-order chi connectivity index (χ1) is 10.6. The highest BCUT2D eigenvalue weighted by Gasteiger charge is 2.24. The van der Waals surface area contributed by atoms with Crippen LogP contribution >= 0.6 is 11.7 Å². The normalized spacial score (nSPS) is 12.1. The molecule has 0 aliphatic carbocycles. The van der Waals surface area contributed by atoms with Crippen molar-refractivity contribution in [3.8, 4) is 0 Å². The van der Waals surface area contributed by atoms with Crippen molar-refractivity contribution in [2.75, 3.05) is 13.6 Å². The molecule has 0 aliphatic rings. The monoisotopic (exact) mass is 334 g/mol. The van der Waals surface area contributed by atoms with Crippen LogP contribution in [0.1, 0.15) is 5.69 Å². The van der Waals surface area contributed by atoms with Crippen LogP contribution in [-0.2, 0) is 16.4 Å². The summed E-state index contributed by atoms with van der Waals surface area (Å²) < 4.78 is 34.9. The number of likely N-dealkylation sites (N-methyl/N-ethyl adjacent to an activating group) is 1. The Kier molecular flexibility index (Phi) is 4.14. The quantitative estimate of drug-likeness (QED) is 0.713. The van der Waals surface area contributed by atoms with Crippen molar-refractivity contribution in [1.29, 1.82) is 0 Å². The van der Waals surface area contributed by atoms with Gasteiger partial charge in [-0.05, 0) is 24.3 Å². The number of hydrogen-bond donors (Lipinski definition) is 0. The number of fused-ring (bicyclic) bond motifs is 1. The zero-order valence-corrected chi connectivity index (χ0v) is 13.5. The first-order valence-corrected chi connectivity index (χ1v) is 8.83. The molecule has 0 atom stereocenters. The number of rotatable bonds is 5. The molecular formula is C14H14N4O2S2. The van der Waals surface area contributed by atoms with Crippen molar-refractivity contribution in [2.24, 2.45) is 0 Å². The third-order valence-electron chi connectivity index (χ3n) is 3.35. The molecule has 3 rings (SSSR count). The number of pyridine rings is 1. The molecule has 1 aromatic carbocycles. The van der Waals surface area contributed by atoms with Gasteiger partial charge in [-0.25, -0.2) is 12.7 Å². The second-order valence-electron chi connectivity index (χ2n) is 4.79. The molecule has 0 fully saturated rings. The first kappa shape index (κ1) is 15.0. The Bertz CT molecular complexity index is 878. The van der Waals surface area contributed by atoms with Crippen LogP contribution in [0.3, 0.4) is 0 Å². The highest BCUT2D eigenvalue weighted by atomic mass is 32.2. The molecule has 22 heavy (non-hydrogen) atoms. The number of aromatic nitrogens is 3. The Hall–Kier alpha value is -1.90. The third-order valence-corrected chi connectivity index (χ3v) is 5.78. The van der Waals surface area contributed by atoms with Crippen molar-refractivity contribution in [2.45, 2.75) is 11.3 Å². The van der Waals surface area contributed by atoms with E-state index in [2.05, 4.69) is 13.7 Å². The van der Waals surface area contributed by atoms with E-state index >= 15 is 0 Å². The van der Waals surface area contributed by atoms with E-state index in [1.807, 2.05) is 18.2 Å². The summed E-state index contributed by atoms with van der Waals surface area (Å²) >= 11 is 1.01. The van der Waals surface area contributed by atoms with Gasteiger partial charge in [-0.15, -0.1) is 0 Å². The molecule has 0 spiro atoms. The fraction of sp³-hybridized carbons (Fsp3) is 0.214. The van der Waals surface area contributed by atoms with Crippen molar-refractivity contribution in [1.82, 2.24) is 18.0 Å². The van der Waals surface area contributed by atoms with Crippen LogP contribution in [0.5, 0.6) is 0 Å². The van der Waals surface area contributed by atoms with Gasteiger partial charge in [0, 0.05) is 31.9 Å². The van der Waals surface area contributed by atoms with Gasteiger partial charge in [0.1, 0.15) is 15.9 Å². The molecule has 8 heteroatoms. The molecule has 3 aromatic rings. The van der Waals surface area contributed by atoms with Crippen LogP contribution in [0.2, 0.25) is 0 Å². The maximum absolute atomic E-state index is 12.7. The minimum Gasteiger partial charge on any atom is -0.261 e. The summed E-state index contributed by atoms with van der Waals surface area (Å²) in [5.74, 6) is 0. The SMILES string of the molecule is CN(CCc1ccccn1)S(=O)(=O)c1cccc2nsnc12. The molecule has 114 valence electrons. The summed E-state index contributed by atoms with van der Waals surface area (Å²) in [6, 6.07) is 10.6. The molecule has 0 amide bonds. The van der Waals surface area contributed by atoms with Crippen molar-refractivity contribution in [3.63, 3.8) is 0 Å². The van der Waals surface area contributed by atoms with Crippen LogP contribution in [0.25, 0.3) is 11.0 Å². The lowest BCUT2D eigenvalue weighted by Gasteiger charge is -2.17. The highest BCUT2D eigenvalue weighted by Crippen LogP contribution is 2.23. The summed E-state index contributed by atoms with van der Waals surface area (Å²) in [6.45, 7) is 0.354. The summed E-state index contributed by atoms with van der Waals surface area (Å²) in [4.78, 5) is 4.40. The largest absolute Gasteiger partial charge is 0.261 e. The molecule has 2 heterocycles. The molecule has 0 radical (unpaired) electrons. The first-order valence-electron chi connectivity index (χ1n) is 6.66. The third kappa shape index (κ3) is 2.85. The number of benzene rings is 1. The fourth-order valence-corrected chi connectivity index (χ4v) is 4.02. The average Bonchev–Trinajstić information content (AvgIpc) is 3.01. The lowest BCUT2D eigenvalue weighted by molar-refractivity contribution is 0.471. The number of hydrogen-bond acceptors (Lipinski definition) is 6. The average molecular weight is 334 g/mol. The summed E-state index contributed by atoms with van der Waals surface area (Å²) in [6.07, 6.45) is 2.26. The Balaban J connectivity index is 1.84. The van der Waals surface area contributed by atoms with Gasteiger partial charge in [0.2, 0.25) is 10.0 Å². The molecule has 6 nitrogen and oxygen atoms in total. The lowest BCUT2D eigenvalue weighted by atomic mass is 10.3. The number of sulfonamides is 1. The zero-order chi connectivity index (χ0) is 15.6. The van der Waals surface area contributed by atoms with Gasteiger partial charge in [-0.1, -0.05) is 12.1 Å².